The van der Waals surface area contributed by atoms with Crippen LogP contribution in [0.1, 0.15) is 39.4 Å². The molecule has 3 N–H and O–H groups in total. The zero-order valence-electron chi connectivity index (χ0n) is 14.5. The summed E-state index contributed by atoms with van der Waals surface area (Å²) in [6.07, 6.45) is 0.746. The van der Waals surface area contributed by atoms with Gasteiger partial charge in [0.1, 0.15) is 10.8 Å². The Labute approximate surface area is 155 Å². The number of ether oxygens (including phenoxy) is 2. The van der Waals surface area contributed by atoms with E-state index >= 15 is 0 Å². The van der Waals surface area contributed by atoms with Crippen LogP contribution in [0.4, 0.5) is 5.00 Å². The quantitative estimate of drug-likeness (QED) is 0.689. The predicted molar refractivity (Wildman–Crippen MR) is 98.7 cm³/mol. The lowest BCUT2D eigenvalue weighted by Gasteiger charge is -2.08. The molecule has 2 aromatic rings. The topological polar surface area (TPSA) is 108 Å². The maximum atomic E-state index is 12.1. The van der Waals surface area contributed by atoms with Gasteiger partial charge < -0.3 is 20.5 Å². The first-order chi connectivity index (χ1) is 12.4. The van der Waals surface area contributed by atoms with Gasteiger partial charge in [-0.1, -0.05) is 6.92 Å². The molecule has 1 aromatic carbocycles. The summed E-state index contributed by atoms with van der Waals surface area (Å²) in [6.45, 7) is 3.71. The fourth-order valence-corrected chi connectivity index (χ4v) is 3.10. The van der Waals surface area contributed by atoms with E-state index in [-0.39, 0.29) is 13.2 Å². The summed E-state index contributed by atoms with van der Waals surface area (Å²) in [5.74, 6) is -0.984. The smallest absolute Gasteiger partial charge is 0.341 e. The second-order valence-corrected chi connectivity index (χ2v) is 6.39. The minimum Gasteiger partial charge on any atom is -0.484 e. The molecule has 0 unspecified atom stereocenters. The highest BCUT2D eigenvalue weighted by atomic mass is 32.1. The number of rotatable bonds is 8. The highest BCUT2D eigenvalue weighted by Crippen LogP contribution is 2.29. The van der Waals surface area contributed by atoms with Gasteiger partial charge in [0.2, 0.25) is 5.91 Å². The van der Waals surface area contributed by atoms with Crippen LogP contribution in [0.2, 0.25) is 0 Å². The Hall–Kier alpha value is -2.87. The fourth-order valence-electron chi connectivity index (χ4n) is 2.10. The Kier molecular flexibility index (Phi) is 6.74. The molecule has 0 aliphatic heterocycles. The zero-order valence-corrected chi connectivity index (χ0v) is 15.4. The van der Waals surface area contributed by atoms with Crippen molar-refractivity contribution in [1.29, 1.82) is 0 Å². The van der Waals surface area contributed by atoms with E-state index in [9.17, 15) is 14.4 Å². The van der Waals surface area contributed by atoms with Gasteiger partial charge >= 0.3 is 5.97 Å². The number of thiophene rings is 1. The van der Waals surface area contributed by atoms with Crippen molar-refractivity contribution in [3.63, 3.8) is 0 Å². The number of hydrogen-bond acceptors (Lipinski definition) is 6. The number of benzene rings is 1. The monoisotopic (exact) mass is 376 g/mol. The van der Waals surface area contributed by atoms with Gasteiger partial charge in [0, 0.05) is 10.4 Å². The highest BCUT2D eigenvalue weighted by Gasteiger charge is 2.18. The number of nitrogens with one attached hydrogen (secondary N) is 1. The van der Waals surface area contributed by atoms with E-state index in [4.69, 9.17) is 15.2 Å². The van der Waals surface area contributed by atoms with Crippen molar-refractivity contribution in [1.82, 2.24) is 0 Å². The van der Waals surface area contributed by atoms with Gasteiger partial charge in [-0.05, 0) is 43.7 Å². The molecule has 0 aliphatic carbocycles. The van der Waals surface area contributed by atoms with Crippen LogP contribution in [-0.4, -0.2) is 31.0 Å². The lowest BCUT2D eigenvalue weighted by atomic mass is 10.2. The molecule has 1 heterocycles. The van der Waals surface area contributed by atoms with Crippen LogP contribution < -0.4 is 15.8 Å². The molecule has 0 saturated heterocycles. The molecule has 1 aromatic heterocycles. The van der Waals surface area contributed by atoms with Crippen LogP contribution >= 0.6 is 11.3 Å². The van der Waals surface area contributed by atoms with Gasteiger partial charge in [-0.2, -0.15) is 0 Å². The number of primary amides is 1. The molecule has 0 saturated carbocycles. The first kappa shape index (κ1) is 19.5. The van der Waals surface area contributed by atoms with Gasteiger partial charge in [-0.3, -0.25) is 9.59 Å². The van der Waals surface area contributed by atoms with E-state index in [2.05, 4.69) is 5.32 Å². The summed E-state index contributed by atoms with van der Waals surface area (Å²) in [6, 6.07) is 7.86. The molecule has 2 rings (SSSR count). The Morgan fingerprint density at radius 1 is 1.15 bits per heavy atom. The largest absolute Gasteiger partial charge is 0.484 e. The van der Waals surface area contributed by atoms with Crippen LogP contribution in [0.5, 0.6) is 5.75 Å². The van der Waals surface area contributed by atoms with Crippen molar-refractivity contribution in [2.75, 3.05) is 18.5 Å². The maximum Gasteiger partial charge on any atom is 0.341 e. The Balaban J connectivity index is 1.99. The van der Waals surface area contributed by atoms with Crippen molar-refractivity contribution < 1.29 is 23.9 Å². The van der Waals surface area contributed by atoms with Crippen molar-refractivity contribution in [2.24, 2.45) is 5.73 Å². The third kappa shape index (κ3) is 5.06. The minimum atomic E-state index is -0.537. The average molecular weight is 376 g/mol. The summed E-state index contributed by atoms with van der Waals surface area (Å²) in [7, 11) is 0. The lowest BCUT2D eigenvalue weighted by Crippen LogP contribution is -2.21. The van der Waals surface area contributed by atoms with Crippen molar-refractivity contribution >= 4 is 34.1 Å². The van der Waals surface area contributed by atoms with Gasteiger partial charge in [0.25, 0.3) is 5.91 Å². The molecule has 138 valence electrons. The molecule has 8 heteroatoms. The lowest BCUT2D eigenvalue weighted by molar-refractivity contribution is -0.118. The number of hydrogen-bond donors (Lipinski definition) is 2. The van der Waals surface area contributed by atoms with E-state index in [0.717, 1.165) is 11.3 Å². The normalized spacial score (nSPS) is 10.2. The molecule has 0 spiro atoms. The minimum absolute atomic E-state index is 0.239. The summed E-state index contributed by atoms with van der Waals surface area (Å²) in [5, 5.41) is 3.13. The van der Waals surface area contributed by atoms with E-state index in [1.165, 1.54) is 23.5 Å². The van der Waals surface area contributed by atoms with Crippen LogP contribution in [0.15, 0.2) is 30.3 Å². The van der Waals surface area contributed by atoms with Crippen molar-refractivity contribution in [3.05, 3.63) is 46.3 Å². The number of anilines is 1. The Morgan fingerprint density at radius 2 is 1.85 bits per heavy atom. The molecule has 0 aliphatic rings. The average Bonchev–Trinajstić information content (AvgIpc) is 3.03. The standard InChI is InChI=1S/C18H20N2O5S/c1-3-13-9-14(18(23)24-4-2)17(26-13)20-15(21)10-25-12-7-5-11(6-8-12)16(19)22/h5-9H,3-4,10H2,1-2H3,(H2,19,22)(H,20,21). The van der Waals surface area contributed by atoms with Crippen molar-refractivity contribution in [2.45, 2.75) is 20.3 Å². The SMILES string of the molecule is CCOC(=O)c1cc(CC)sc1NC(=O)COc1ccc(C(N)=O)cc1. The number of carbonyl (C=O) groups is 3. The third-order valence-corrected chi connectivity index (χ3v) is 4.58. The molecule has 2 amide bonds. The summed E-state index contributed by atoms with van der Waals surface area (Å²) in [5.41, 5.74) is 5.86. The molecule has 0 radical (unpaired) electrons. The summed E-state index contributed by atoms with van der Waals surface area (Å²) < 4.78 is 10.4. The van der Waals surface area contributed by atoms with E-state index in [1.54, 1.807) is 25.1 Å². The van der Waals surface area contributed by atoms with Gasteiger partial charge in [-0.25, -0.2) is 4.79 Å². The van der Waals surface area contributed by atoms with Crippen LogP contribution in [0.3, 0.4) is 0 Å². The summed E-state index contributed by atoms with van der Waals surface area (Å²) >= 11 is 1.33. The molecular weight excluding hydrogens is 356 g/mol. The number of aryl methyl sites for hydroxylation is 1. The second kappa shape index (κ2) is 9.00. The van der Waals surface area contributed by atoms with Gasteiger partial charge in [-0.15, -0.1) is 11.3 Å². The van der Waals surface area contributed by atoms with E-state index in [0.29, 0.717) is 21.9 Å². The molecule has 0 atom stereocenters. The zero-order chi connectivity index (χ0) is 19.1. The second-order valence-electron chi connectivity index (χ2n) is 5.26. The van der Waals surface area contributed by atoms with Gasteiger partial charge in [0.15, 0.2) is 6.61 Å². The Bertz CT molecular complexity index is 798. The third-order valence-electron chi connectivity index (χ3n) is 3.39. The molecule has 0 bridgehead atoms. The first-order valence-electron chi connectivity index (χ1n) is 8.06. The molecule has 26 heavy (non-hydrogen) atoms. The first-order valence-corrected chi connectivity index (χ1v) is 8.88. The predicted octanol–water partition coefficient (Wildman–Crippen LogP) is 2.60. The molecular formula is C18H20N2O5S. The van der Waals surface area contributed by atoms with Crippen LogP contribution in [-0.2, 0) is 16.0 Å². The highest BCUT2D eigenvalue weighted by molar-refractivity contribution is 7.16. The van der Waals surface area contributed by atoms with Crippen LogP contribution in [0, 0.1) is 0 Å². The van der Waals surface area contributed by atoms with Crippen LogP contribution in [0.25, 0.3) is 0 Å². The summed E-state index contributed by atoms with van der Waals surface area (Å²) in [4.78, 5) is 36.1. The number of carbonyl (C=O) groups excluding carboxylic acids is 3. The fraction of sp³-hybridized carbons (Fsp3) is 0.278. The van der Waals surface area contributed by atoms with Gasteiger partial charge in [0.05, 0.1) is 12.2 Å². The Morgan fingerprint density at radius 3 is 2.42 bits per heavy atom. The number of esters is 1. The molecule has 7 nitrogen and oxygen atoms in total. The number of nitrogens with two attached hydrogens (primary N) is 1. The van der Waals surface area contributed by atoms with Crippen molar-refractivity contribution in [3.8, 4) is 5.75 Å². The maximum absolute atomic E-state index is 12.1. The van der Waals surface area contributed by atoms with E-state index in [1.807, 2.05) is 6.92 Å². The number of amides is 2. The molecule has 0 fully saturated rings. The van der Waals surface area contributed by atoms with E-state index < -0.39 is 17.8 Å².